The number of para-hydroxylation sites is 2. The molecule has 4 aromatic rings. The van der Waals surface area contributed by atoms with Crippen molar-refractivity contribution in [2.75, 3.05) is 25.2 Å². The number of methoxy groups -OCH3 is 1. The van der Waals surface area contributed by atoms with Crippen molar-refractivity contribution < 1.29 is 14.3 Å². The van der Waals surface area contributed by atoms with E-state index >= 15 is 0 Å². The number of fused-ring (bicyclic) bond motifs is 1. The Morgan fingerprint density at radius 1 is 1.03 bits per heavy atom. The minimum atomic E-state index is -0.0146. The van der Waals surface area contributed by atoms with Crippen molar-refractivity contribution in [3.05, 3.63) is 83.1 Å². The van der Waals surface area contributed by atoms with Crippen LogP contribution in [0.15, 0.2) is 66.7 Å². The van der Waals surface area contributed by atoms with E-state index in [2.05, 4.69) is 10.6 Å². The summed E-state index contributed by atoms with van der Waals surface area (Å²) in [4.78, 5) is 19.8. The third-order valence-corrected chi connectivity index (χ3v) is 6.76. The first kappa shape index (κ1) is 22.3. The Labute approximate surface area is 203 Å². The molecule has 3 aromatic carbocycles. The minimum Gasteiger partial charge on any atom is -0.497 e. The van der Waals surface area contributed by atoms with Crippen molar-refractivity contribution in [1.29, 1.82) is 0 Å². The van der Waals surface area contributed by atoms with Crippen molar-refractivity contribution in [2.45, 2.75) is 25.8 Å². The minimum absolute atomic E-state index is 0.0146. The van der Waals surface area contributed by atoms with Gasteiger partial charge in [0.2, 0.25) is 5.91 Å². The van der Waals surface area contributed by atoms with E-state index in [0.29, 0.717) is 31.1 Å². The maximum Gasteiger partial charge on any atom is 0.227 e. The third kappa shape index (κ3) is 4.21. The number of carbonyl (C=O) groups is 1. The number of anilines is 1. The first-order chi connectivity index (χ1) is 16.5. The summed E-state index contributed by atoms with van der Waals surface area (Å²) in [6.07, 6.45) is 0.411. The predicted molar refractivity (Wildman–Crippen MR) is 134 cm³/mol. The van der Waals surface area contributed by atoms with Gasteiger partial charge in [0.05, 0.1) is 24.7 Å². The van der Waals surface area contributed by atoms with Gasteiger partial charge in [-0.15, -0.1) is 0 Å². The molecular weight excluding hydrogens is 450 g/mol. The van der Waals surface area contributed by atoms with E-state index in [9.17, 15) is 4.79 Å². The van der Waals surface area contributed by atoms with E-state index in [-0.39, 0.29) is 11.8 Å². The molecule has 34 heavy (non-hydrogen) atoms. The van der Waals surface area contributed by atoms with Gasteiger partial charge in [0.25, 0.3) is 0 Å². The average molecular weight is 476 g/mol. The van der Waals surface area contributed by atoms with Gasteiger partial charge in [-0.1, -0.05) is 29.8 Å². The van der Waals surface area contributed by atoms with Gasteiger partial charge in [0, 0.05) is 29.6 Å². The Morgan fingerprint density at radius 2 is 1.79 bits per heavy atom. The number of amides is 1. The standard InChI is InChI=1S/C27H26ClN3O3/c1-18-22(28)6-5-9-24(18)31-17-19(16-26(31)32)27-29-23-7-3-4-8-25(23)30(27)14-15-34-21-12-10-20(33-2)11-13-21/h3-13,19H,14-17H2,1-2H3. The SMILES string of the molecule is COc1ccc(OCCn2c(C3CC(=O)N(c4cccc(Cl)c4C)C3)nc3ccccc32)cc1. The molecule has 7 heteroatoms. The molecule has 174 valence electrons. The summed E-state index contributed by atoms with van der Waals surface area (Å²) in [5.74, 6) is 2.56. The molecule has 1 unspecified atom stereocenters. The third-order valence-electron chi connectivity index (χ3n) is 6.35. The van der Waals surface area contributed by atoms with Crippen LogP contribution < -0.4 is 14.4 Å². The molecule has 0 N–H and O–H groups in total. The molecule has 1 fully saturated rings. The van der Waals surface area contributed by atoms with Crippen molar-refractivity contribution in [3.63, 3.8) is 0 Å². The second kappa shape index (κ2) is 9.39. The summed E-state index contributed by atoms with van der Waals surface area (Å²) in [6.45, 7) is 3.63. The number of hydrogen-bond acceptors (Lipinski definition) is 4. The van der Waals surface area contributed by atoms with Crippen LogP contribution in [0.3, 0.4) is 0 Å². The van der Waals surface area contributed by atoms with Crippen molar-refractivity contribution in [2.24, 2.45) is 0 Å². The van der Waals surface area contributed by atoms with Crippen LogP contribution in [-0.2, 0) is 11.3 Å². The van der Waals surface area contributed by atoms with E-state index in [1.54, 1.807) is 7.11 Å². The van der Waals surface area contributed by atoms with Crippen LogP contribution >= 0.6 is 11.6 Å². The zero-order valence-electron chi connectivity index (χ0n) is 19.2. The van der Waals surface area contributed by atoms with Gasteiger partial charge >= 0.3 is 0 Å². The number of nitrogens with zero attached hydrogens (tertiary/aromatic N) is 3. The Morgan fingerprint density at radius 3 is 2.59 bits per heavy atom. The van der Waals surface area contributed by atoms with Crippen LogP contribution in [0, 0.1) is 6.92 Å². The van der Waals surface area contributed by atoms with Crippen molar-refractivity contribution >= 4 is 34.2 Å². The van der Waals surface area contributed by atoms with Crippen molar-refractivity contribution in [1.82, 2.24) is 9.55 Å². The van der Waals surface area contributed by atoms with Crippen LogP contribution in [0.5, 0.6) is 11.5 Å². The molecule has 1 aromatic heterocycles. The number of carbonyl (C=O) groups excluding carboxylic acids is 1. The lowest BCUT2D eigenvalue weighted by molar-refractivity contribution is -0.117. The topological polar surface area (TPSA) is 56.6 Å². The normalized spacial score (nSPS) is 15.8. The predicted octanol–water partition coefficient (Wildman–Crippen LogP) is 5.61. The number of aromatic nitrogens is 2. The summed E-state index contributed by atoms with van der Waals surface area (Å²) < 4.78 is 13.4. The van der Waals surface area contributed by atoms with Crippen LogP contribution in [0.4, 0.5) is 5.69 Å². The number of halogens is 1. The molecule has 0 radical (unpaired) electrons. The number of ether oxygens (including phenoxy) is 2. The maximum absolute atomic E-state index is 13.0. The van der Waals surface area contributed by atoms with Crippen LogP contribution in [-0.4, -0.2) is 35.7 Å². The highest BCUT2D eigenvalue weighted by atomic mass is 35.5. The summed E-state index contributed by atoms with van der Waals surface area (Å²) >= 11 is 6.32. The fourth-order valence-corrected chi connectivity index (χ4v) is 4.74. The second-order valence-corrected chi connectivity index (χ2v) is 8.83. The van der Waals surface area contributed by atoms with Crippen LogP contribution in [0.2, 0.25) is 5.02 Å². The second-order valence-electron chi connectivity index (χ2n) is 8.42. The highest BCUT2D eigenvalue weighted by Gasteiger charge is 2.35. The largest absolute Gasteiger partial charge is 0.497 e. The lowest BCUT2D eigenvalue weighted by atomic mass is 10.1. The fraction of sp³-hybridized carbons (Fsp3) is 0.259. The maximum atomic E-state index is 13.0. The first-order valence-electron chi connectivity index (χ1n) is 11.3. The van der Waals surface area contributed by atoms with Gasteiger partial charge in [0.1, 0.15) is 23.9 Å². The molecule has 1 amide bonds. The number of rotatable bonds is 7. The first-order valence-corrected chi connectivity index (χ1v) is 11.7. The van der Waals surface area contributed by atoms with Gasteiger partial charge in [-0.2, -0.15) is 0 Å². The Hall–Kier alpha value is -3.51. The molecule has 0 saturated carbocycles. The van der Waals surface area contributed by atoms with E-state index in [1.165, 1.54) is 0 Å². The molecule has 0 aliphatic carbocycles. The fourth-order valence-electron chi connectivity index (χ4n) is 4.57. The summed E-state index contributed by atoms with van der Waals surface area (Å²) in [5.41, 5.74) is 3.75. The van der Waals surface area contributed by atoms with Gasteiger partial charge in [-0.3, -0.25) is 4.79 Å². The molecule has 0 spiro atoms. The van der Waals surface area contributed by atoms with Crippen molar-refractivity contribution in [3.8, 4) is 11.5 Å². The number of hydrogen-bond donors (Lipinski definition) is 0. The zero-order valence-corrected chi connectivity index (χ0v) is 20.0. The van der Waals surface area contributed by atoms with Gasteiger partial charge < -0.3 is 18.9 Å². The smallest absolute Gasteiger partial charge is 0.227 e. The zero-order chi connectivity index (χ0) is 23.7. The number of benzene rings is 3. The molecule has 1 atom stereocenters. The average Bonchev–Trinajstić information content (AvgIpc) is 3.42. The quantitative estimate of drug-likeness (QED) is 0.349. The molecule has 2 heterocycles. The van der Waals surface area contributed by atoms with E-state index in [4.69, 9.17) is 26.1 Å². The Balaban J connectivity index is 1.39. The summed E-state index contributed by atoms with van der Waals surface area (Å²) in [6, 6.07) is 21.3. The molecule has 6 nitrogen and oxygen atoms in total. The highest BCUT2D eigenvalue weighted by molar-refractivity contribution is 6.31. The highest BCUT2D eigenvalue weighted by Crippen LogP contribution is 2.36. The lowest BCUT2D eigenvalue weighted by Crippen LogP contribution is -2.25. The van der Waals surface area contributed by atoms with Crippen LogP contribution in [0.1, 0.15) is 23.7 Å². The molecule has 0 bridgehead atoms. The summed E-state index contributed by atoms with van der Waals surface area (Å²) in [5, 5.41) is 0.664. The van der Waals surface area contributed by atoms with Gasteiger partial charge in [-0.25, -0.2) is 4.98 Å². The lowest BCUT2D eigenvalue weighted by Gasteiger charge is -2.20. The molecule has 1 saturated heterocycles. The molecule has 1 aliphatic heterocycles. The monoisotopic (exact) mass is 475 g/mol. The van der Waals surface area contributed by atoms with Gasteiger partial charge in [0.15, 0.2) is 0 Å². The Kier molecular flexibility index (Phi) is 6.16. The van der Waals surface area contributed by atoms with E-state index < -0.39 is 0 Å². The van der Waals surface area contributed by atoms with E-state index in [0.717, 1.165) is 39.6 Å². The molecule has 1 aliphatic rings. The summed E-state index contributed by atoms with van der Waals surface area (Å²) in [7, 11) is 1.64. The molecule has 5 rings (SSSR count). The van der Waals surface area contributed by atoms with Crippen LogP contribution in [0.25, 0.3) is 11.0 Å². The Bertz CT molecular complexity index is 1330. The van der Waals surface area contributed by atoms with E-state index in [1.807, 2.05) is 72.5 Å². The van der Waals surface area contributed by atoms with Gasteiger partial charge in [-0.05, 0) is 61.0 Å². The number of imidazole rings is 1. The molecular formula is C27H26ClN3O3.